The highest BCUT2D eigenvalue weighted by atomic mass is 35.5. The van der Waals surface area contributed by atoms with Crippen LogP contribution in [-0.4, -0.2) is 11.5 Å². The first-order valence-corrected chi connectivity index (χ1v) is 10.2. The summed E-state index contributed by atoms with van der Waals surface area (Å²) in [6.07, 6.45) is 0. The molecule has 2 aliphatic heterocycles. The molecule has 5 rings (SSSR count). The van der Waals surface area contributed by atoms with Gasteiger partial charge in [-0.25, -0.2) is 0 Å². The van der Waals surface area contributed by atoms with Gasteiger partial charge in [-0.05, 0) is 34.9 Å². The van der Waals surface area contributed by atoms with Crippen molar-refractivity contribution in [2.45, 2.75) is 11.4 Å². The lowest BCUT2D eigenvalue weighted by atomic mass is 9.99. The van der Waals surface area contributed by atoms with Gasteiger partial charge in [-0.2, -0.15) is 5.10 Å². The fourth-order valence-corrected chi connectivity index (χ4v) is 4.77. The number of anilines is 1. The third kappa shape index (κ3) is 2.62. The number of hydrogen-bond donors (Lipinski definition) is 1. The molecule has 2 heterocycles. The summed E-state index contributed by atoms with van der Waals surface area (Å²) in [5, 5.41) is 4.80. The molecule has 28 heavy (non-hydrogen) atoms. The average Bonchev–Trinajstić information content (AvgIpc) is 3.31. The molecule has 3 aromatic carbocycles. The van der Waals surface area contributed by atoms with E-state index in [9.17, 15) is 4.79 Å². The molecule has 1 unspecified atom stereocenters. The van der Waals surface area contributed by atoms with Gasteiger partial charge in [-0.1, -0.05) is 78.0 Å². The maximum absolute atomic E-state index is 13.5. The molecule has 1 spiro atoms. The molecule has 138 valence electrons. The Labute approximate surface area is 172 Å². The van der Waals surface area contributed by atoms with Crippen molar-refractivity contribution in [2.24, 2.45) is 5.10 Å². The zero-order valence-corrected chi connectivity index (χ0v) is 16.4. The fourth-order valence-electron chi connectivity index (χ4n) is 3.70. The first kappa shape index (κ1) is 17.3. The molecule has 0 bridgehead atoms. The van der Waals surface area contributed by atoms with Gasteiger partial charge in [0.25, 0.3) is 5.91 Å². The average molecular weight is 406 g/mol. The van der Waals surface area contributed by atoms with E-state index in [1.165, 1.54) is 11.8 Å². The molecule has 0 aliphatic carbocycles. The topological polar surface area (TPSA) is 44.7 Å². The van der Waals surface area contributed by atoms with E-state index in [-0.39, 0.29) is 5.91 Å². The van der Waals surface area contributed by atoms with Crippen LogP contribution in [0.1, 0.15) is 11.1 Å². The van der Waals surface area contributed by atoms with Crippen molar-refractivity contribution >= 4 is 40.5 Å². The van der Waals surface area contributed by atoms with Gasteiger partial charge in [0.2, 0.25) is 4.87 Å². The Bertz CT molecular complexity index is 1090. The smallest absolute Gasteiger partial charge is 0.270 e. The number of benzene rings is 3. The number of hydrazone groups is 1. The molecule has 3 aromatic rings. The monoisotopic (exact) mass is 405 g/mol. The Morgan fingerprint density at radius 3 is 2.54 bits per heavy atom. The Balaban J connectivity index is 1.61. The lowest BCUT2D eigenvalue weighted by Gasteiger charge is -2.22. The molecule has 4 nitrogen and oxygen atoms in total. The summed E-state index contributed by atoms with van der Waals surface area (Å²) in [5.41, 5.74) is 9.65. The number of nitrogens with zero attached hydrogens (tertiary/aromatic N) is 2. The molecular formula is C22H16ClN3OS. The van der Waals surface area contributed by atoms with Gasteiger partial charge in [-0.3, -0.25) is 10.2 Å². The second kappa shape index (κ2) is 6.69. The summed E-state index contributed by atoms with van der Waals surface area (Å²) in [6, 6.07) is 23.9. The fraction of sp³-hybridized carbons (Fsp3) is 0.0909. The summed E-state index contributed by atoms with van der Waals surface area (Å²) >= 11 is 7.75. The molecule has 0 aromatic heterocycles. The van der Waals surface area contributed by atoms with Crippen molar-refractivity contribution in [1.29, 1.82) is 0 Å². The van der Waals surface area contributed by atoms with E-state index in [1.54, 1.807) is 10.4 Å². The van der Waals surface area contributed by atoms with Crippen LogP contribution in [0.4, 0.5) is 5.69 Å². The van der Waals surface area contributed by atoms with Gasteiger partial charge in [0.05, 0.1) is 17.8 Å². The first-order valence-electron chi connectivity index (χ1n) is 8.91. The summed E-state index contributed by atoms with van der Waals surface area (Å²) < 4.78 is 0. The normalized spacial score (nSPS) is 19.9. The zero-order chi connectivity index (χ0) is 19.1. The number of carbonyl (C=O) groups is 1. The molecule has 1 amide bonds. The minimum atomic E-state index is -0.915. The highest BCUT2D eigenvalue weighted by Crippen LogP contribution is 2.50. The van der Waals surface area contributed by atoms with E-state index < -0.39 is 4.87 Å². The number of carbonyl (C=O) groups excluding carboxylic acids is 1. The first-order chi connectivity index (χ1) is 13.7. The van der Waals surface area contributed by atoms with E-state index in [4.69, 9.17) is 11.6 Å². The van der Waals surface area contributed by atoms with E-state index in [0.717, 1.165) is 27.9 Å². The minimum absolute atomic E-state index is 0.0323. The lowest BCUT2D eigenvalue weighted by molar-refractivity contribution is -0.121. The van der Waals surface area contributed by atoms with Crippen molar-refractivity contribution in [3.63, 3.8) is 0 Å². The minimum Gasteiger partial charge on any atom is -0.304 e. The summed E-state index contributed by atoms with van der Waals surface area (Å²) in [4.78, 5) is 14.3. The van der Waals surface area contributed by atoms with E-state index in [0.29, 0.717) is 11.6 Å². The van der Waals surface area contributed by atoms with Gasteiger partial charge < -0.3 is 4.90 Å². The van der Waals surface area contributed by atoms with E-state index >= 15 is 0 Å². The summed E-state index contributed by atoms with van der Waals surface area (Å²) in [5.74, 6) is -0.0323. The second-order valence-corrected chi connectivity index (χ2v) is 8.19. The summed E-state index contributed by atoms with van der Waals surface area (Å²) in [7, 11) is 0. The SMILES string of the molecule is O=C1N(Cc2ccccc2Cl)c2ccc(-c3ccccc3)cc2C12NN=CS2. The van der Waals surface area contributed by atoms with Gasteiger partial charge in [0.15, 0.2) is 0 Å². The Morgan fingerprint density at radius 1 is 1.00 bits per heavy atom. The maximum atomic E-state index is 13.5. The quantitative estimate of drug-likeness (QED) is 0.667. The van der Waals surface area contributed by atoms with Gasteiger partial charge in [-0.15, -0.1) is 0 Å². The van der Waals surface area contributed by atoms with Crippen LogP contribution in [0.5, 0.6) is 0 Å². The molecule has 2 aliphatic rings. The number of nitrogens with one attached hydrogen (secondary N) is 1. The summed E-state index contributed by atoms with van der Waals surface area (Å²) in [6.45, 7) is 0.417. The van der Waals surface area contributed by atoms with Crippen molar-refractivity contribution in [2.75, 3.05) is 4.90 Å². The highest BCUT2D eigenvalue weighted by Gasteiger charge is 2.53. The number of rotatable bonds is 3. The third-order valence-corrected chi connectivity index (χ3v) is 6.53. The highest BCUT2D eigenvalue weighted by molar-refractivity contribution is 8.13. The molecule has 0 saturated heterocycles. The van der Waals surface area contributed by atoms with Crippen molar-refractivity contribution < 1.29 is 4.79 Å². The molecular weight excluding hydrogens is 390 g/mol. The molecule has 6 heteroatoms. The number of fused-ring (bicyclic) bond motifs is 2. The second-order valence-electron chi connectivity index (χ2n) is 6.73. The van der Waals surface area contributed by atoms with E-state index in [1.807, 2.05) is 48.5 Å². The van der Waals surface area contributed by atoms with Crippen LogP contribution in [0.3, 0.4) is 0 Å². The van der Waals surface area contributed by atoms with Gasteiger partial charge >= 0.3 is 0 Å². The van der Waals surface area contributed by atoms with Gasteiger partial charge in [0.1, 0.15) is 0 Å². The van der Waals surface area contributed by atoms with Crippen LogP contribution in [0.2, 0.25) is 5.02 Å². The van der Waals surface area contributed by atoms with Crippen LogP contribution in [0.15, 0.2) is 77.9 Å². The predicted molar refractivity (Wildman–Crippen MR) is 115 cm³/mol. The number of amides is 1. The van der Waals surface area contributed by atoms with Crippen LogP contribution < -0.4 is 10.3 Å². The molecule has 1 N–H and O–H groups in total. The Kier molecular flexibility index (Phi) is 4.14. The molecule has 0 fully saturated rings. The van der Waals surface area contributed by atoms with Crippen LogP contribution in [0.25, 0.3) is 11.1 Å². The van der Waals surface area contributed by atoms with Crippen molar-refractivity contribution in [1.82, 2.24) is 5.43 Å². The Hall–Kier alpha value is -2.76. The maximum Gasteiger partial charge on any atom is 0.270 e. The van der Waals surface area contributed by atoms with Crippen molar-refractivity contribution in [3.05, 3.63) is 88.9 Å². The largest absolute Gasteiger partial charge is 0.304 e. The van der Waals surface area contributed by atoms with Crippen LogP contribution in [0, 0.1) is 0 Å². The molecule has 1 atom stereocenters. The Morgan fingerprint density at radius 2 is 1.79 bits per heavy atom. The van der Waals surface area contributed by atoms with Gasteiger partial charge in [0, 0.05) is 10.6 Å². The zero-order valence-electron chi connectivity index (χ0n) is 14.8. The predicted octanol–water partition coefficient (Wildman–Crippen LogP) is 4.99. The molecule has 0 radical (unpaired) electrons. The standard InChI is InChI=1S/C22H16ClN3OS/c23-19-9-5-4-8-17(19)13-26-20-11-10-16(15-6-2-1-3-7-15)12-18(20)22(21(26)27)25-24-14-28-22/h1-12,14,25H,13H2. The number of thioether (sulfide) groups is 1. The number of hydrogen-bond acceptors (Lipinski definition) is 4. The lowest BCUT2D eigenvalue weighted by Crippen LogP contribution is -2.44. The van der Waals surface area contributed by atoms with E-state index in [2.05, 4.69) is 34.8 Å². The number of halogens is 1. The third-order valence-electron chi connectivity index (χ3n) is 5.11. The van der Waals surface area contributed by atoms with Crippen LogP contribution in [-0.2, 0) is 16.2 Å². The van der Waals surface area contributed by atoms with Crippen molar-refractivity contribution in [3.8, 4) is 11.1 Å². The molecule has 0 saturated carbocycles. The van der Waals surface area contributed by atoms with Crippen LogP contribution >= 0.6 is 23.4 Å².